The van der Waals surface area contributed by atoms with Crippen molar-refractivity contribution in [1.82, 2.24) is 9.71 Å². The van der Waals surface area contributed by atoms with E-state index in [1.54, 1.807) is 32.0 Å². The summed E-state index contributed by atoms with van der Waals surface area (Å²) in [5, 5.41) is 16.0. The minimum Gasteiger partial charge on any atom is -0.480 e. The van der Waals surface area contributed by atoms with Gasteiger partial charge in [0, 0.05) is 28.2 Å². The monoisotopic (exact) mass is 550 g/mol. The van der Waals surface area contributed by atoms with Crippen LogP contribution >= 0.6 is 23.2 Å². The standard InChI is InChI=1S/C23H20Cl2N4O6S/c1-11(2)21(22(30)31)29-36(33,34)14-4-6-17-16(10-14)15-5-3-12(7-18(15)35-17)26-23(32)27-13-8-19(24)28-20(25)9-13/h3-11,21,29H,1-2H3,(H,30,31)(H2,26,27,28,32)/t21-/m0/s1. The summed E-state index contributed by atoms with van der Waals surface area (Å²) in [7, 11) is -4.11. The number of halogens is 2. The topological polar surface area (TPSA) is 151 Å². The third-order valence-corrected chi connectivity index (χ3v) is 7.07. The summed E-state index contributed by atoms with van der Waals surface area (Å²) in [5.74, 6) is -1.71. The van der Waals surface area contributed by atoms with Crippen LogP contribution in [-0.4, -0.2) is 36.6 Å². The van der Waals surface area contributed by atoms with Gasteiger partial charge in [-0.2, -0.15) is 4.72 Å². The molecule has 2 heterocycles. The molecule has 4 N–H and O–H groups in total. The van der Waals surface area contributed by atoms with Gasteiger partial charge in [0.25, 0.3) is 0 Å². The number of sulfonamides is 1. The lowest BCUT2D eigenvalue weighted by Gasteiger charge is -2.17. The Morgan fingerprint density at radius 1 is 0.917 bits per heavy atom. The molecule has 0 aliphatic rings. The lowest BCUT2D eigenvalue weighted by atomic mass is 10.1. The molecule has 0 aliphatic carbocycles. The number of aromatic nitrogens is 1. The highest BCUT2D eigenvalue weighted by molar-refractivity contribution is 7.89. The number of hydrogen-bond acceptors (Lipinski definition) is 6. The van der Waals surface area contributed by atoms with E-state index in [-0.39, 0.29) is 15.2 Å². The molecule has 0 spiro atoms. The van der Waals surface area contributed by atoms with Crippen LogP contribution in [0.1, 0.15) is 13.8 Å². The molecule has 2 aromatic heterocycles. The fourth-order valence-electron chi connectivity index (χ4n) is 3.54. The number of carboxylic acids is 1. The number of carbonyl (C=O) groups is 2. The van der Waals surface area contributed by atoms with Gasteiger partial charge in [-0.25, -0.2) is 18.2 Å². The Morgan fingerprint density at radius 3 is 2.22 bits per heavy atom. The second-order valence-electron chi connectivity index (χ2n) is 8.23. The molecular formula is C23H20Cl2N4O6S. The molecule has 13 heteroatoms. The molecule has 4 rings (SSSR count). The molecule has 36 heavy (non-hydrogen) atoms. The number of furan rings is 1. The summed E-state index contributed by atoms with van der Waals surface area (Å²) in [6, 6.07) is 10.2. The van der Waals surface area contributed by atoms with Crippen molar-refractivity contribution in [1.29, 1.82) is 0 Å². The van der Waals surface area contributed by atoms with Crippen LogP contribution in [0.15, 0.2) is 57.8 Å². The Morgan fingerprint density at radius 2 is 1.58 bits per heavy atom. The number of hydrogen-bond donors (Lipinski definition) is 4. The Kier molecular flexibility index (Phi) is 7.10. The largest absolute Gasteiger partial charge is 0.480 e. The van der Waals surface area contributed by atoms with Crippen LogP contribution in [0.2, 0.25) is 10.3 Å². The van der Waals surface area contributed by atoms with Crippen molar-refractivity contribution in [2.45, 2.75) is 24.8 Å². The number of nitrogens with zero attached hydrogens (tertiary/aromatic N) is 1. The van der Waals surface area contributed by atoms with Crippen molar-refractivity contribution in [2.75, 3.05) is 10.6 Å². The SMILES string of the molecule is CC(C)[C@H](NS(=O)(=O)c1ccc2oc3cc(NC(=O)Nc4cc(Cl)nc(Cl)c4)ccc3c2c1)C(=O)O. The van der Waals surface area contributed by atoms with Gasteiger partial charge in [0.1, 0.15) is 27.5 Å². The third kappa shape index (κ3) is 5.54. The quantitative estimate of drug-likeness (QED) is 0.227. The second kappa shape index (κ2) is 9.94. The highest BCUT2D eigenvalue weighted by atomic mass is 35.5. The zero-order valence-electron chi connectivity index (χ0n) is 18.9. The second-order valence-corrected chi connectivity index (χ2v) is 10.7. The first kappa shape index (κ1) is 25.7. The van der Waals surface area contributed by atoms with Gasteiger partial charge in [0.05, 0.1) is 4.90 Å². The number of urea groups is 1. The van der Waals surface area contributed by atoms with E-state index in [2.05, 4.69) is 20.3 Å². The predicted octanol–water partition coefficient (Wildman–Crippen LogP) is 5.32. The smallest absolute Gasteiger partial charge is 0.323 e. The van der Waals surface area contributed by atoms with Gasteiger partial charge in [-0.15, -0.1) is 0 Å². The molecule has 0 bridgehead atoms. The maximum absolute atomic E-state index is 12.8. The number of carboxylic acid groups (broad SMARTS) is 1. The zero-order chi connectivity index (χ0) is 26.2. The molecule has 4 aromatic rings. The Labute approximate surface area is 215 Å². The lowest BCUT2D eigenvalue weighted by Crippen LogP contribution is -2.44. The summed E-state index contributed by atoms with van der Waals surface area (Å²) in [4.78, 5) is 27.5. The first-order valence-corrected chi connectivity index (χ1v) is 12.8. The fraction of sp³-hybridized carbons (Fsp3) is 0.174. The minimum absolute atomic E-state index is 0.0964. The normalized spacial score (nSPS) is 12.7. The fourth-order valence-corrected chi connectivity index (χ4v) is 5.36. The first-order valence-electron chi connectivity index (χ1n) is 10.6. The number of anilines is 2. The van der Waals surface area contributed by atoms with E-state index in [1.807, 2.05) is 0 Å². The third-order valence-electron chi connectivity index (χ3n) is 5.25. The maximum Gasteiger partial charge on any atom is 0.323 e. The number of benzene rings is 2. The Bertz CT molecular complexity index is 1580. The average molecular weight is 551 g/mol. The van der Waals surface area contributed by atoms with Crippen molar-refractivity contribution < 1.29 is 27.5 Å². The molecule has 0 saturated heterocycles. The summed E-state index contributed by atoms with van der Waals surface area (Å²) < 4.78 is 33.7. The molecule has 0 unspecified atom stereocenters. The number of nitrogens with one attached hydrogen (secondary N) is 3. The molecule has 2 aromatic carbocycles. The molecule has 10 nitrogen and oxygen atoms in total. The van der Waals surface area contributed by atoms with Gasteiger partial charge in [0.15, 0.2) is 0 Å². The Balaban J connectivity index is 1.59. The number of amides is 2. The summed E-state index contributed by atoms with van der Waals surface area (Å²) >= 11 is 11.7. The number of carbonyl (C=O) groups excluding carboxylic acids is 1. The van der Waals surface area contributed by atoms with E-state index in [4.69, 9.17) is 27.6 Å². The van der Waals surface area contributed by atoms with Crippen molar-refractivity contribution in [3.05, 3.63) is 58.8 Å². The molecule has 188 valence electrons. The number of aliphatic carboxylic acids is 1. The maximum atomic E-state index is 12.8. The van der Waals surface area contributed by atoms with Crippen LogP contribution in [0, 0.1) is 5.92 Å². The molecule has 0 radical (unpaired) electrons. The van der Waals surface area contributed by atoms with Gasteiger partial charge < -0.3 is 20.2 Å². The van der Waals surface area contributed by atoms with Gasteiger partial charge in [-0.1, -0.05) is 37.0 Å². The molecule has 1 atom stereocenters. The van der Waals surface area contributed by atoms with Crippen LogP contribution in [0.5, 0.6) is 0 Å². The van der Waals surface area contributed by atoms with Crippen molar-refractivity contribution >= 4 is 78.5 Å². The lowest BCUT2D eigenvalue weighted by molar-refractivity contribution is -0.140. The van der Waals surface area contributed by atoms with Crippen LogP contribution in [0.3, 0.4) is 0 Å². The zero-order valence-corrected chi connectivity index (χ0v) is 21.2. The number of pyridine rings is 1. The van der Waals surface area contributed by atoms with Gasteiger partial charge in [-0.3, -0.25) is 4.79 Å². The number of rotatable bonds is 7. The number of fused-ring (bicyclic) bond motifs is 3. The molecule has 2 amide bonds. The first-order chi connectivity index (χ1) is 16.9. The molecule has 0 fully saturated rings. The van der Waals surface area contributed by atoms with E-state index >= 15 is 0 Å². The van der Waals surface area contributed by atoms with Gasteiger partial charge in [-0.05, 0) is 48.4 Å². The average Bonchev–Trinajstić information content (AvgIpc) is 3.13. The van der Waals surface area contributed by atoms with Gasteiger partial charge >= 0.3 is 12.0 Å². The highest BCUT2D eigenvalue weighted by Gasteiger charge is 2.28. The van der Waals surface area contributed by atoms with Crippen LogP contribution in [0.25, 0.3) is 21.9 Å². The van der Waals surface area contributed by atoms with E-state index in [0.717, 1.165) is 0 Å². The summed E-state index contributed by atoms with van der Waals surface area (Å²) in [5.41, 5.74) is 1.60. The summed E-state index contributed by atoms with van der Waals surface area (Å²) in [6.45, 7) is 3.22. The van der Waals surface area contributed by atoms with E-state index in [0.29, 0.717) is 33.3 Å². The van der Waals surface area contributed by atoms with E-state index in [9.17, 15) is 23.1 Å². The predicted molar refractivity (Wildman–Crippen MR) is 137 cm³/mol. The van der Waals surface area contributed by atoms with Crippen LogP contribution in [-0.2, 0) is 14.8 Å². The Hall–Kier alpha value is -3.38. The molecule has 0 saturated carbocycles. The van der Waals surface area contributed by atoms with Crippen molar-refractivity contribution in [2.24, 2.45) is 5.92 Å². The van der Waals surface area contributed by atoms with Crippen molar-refractivity contribution in [3.8, 4) is 0 Å². The van der Waals surface area contributed by atoms with Crippen LogP contribution in [0.4, 0.5) is 16.2 Å². The van der Waals surface area contributed by atoms with Crippen molar-refractivity contribution in [3.63, 3.8) is 0 Å². The molecular weight excluding hydrogens is 531 g/mol. The molecule has 0 aliphatic heterocycles. The van der Waals surface area contributed by atoms with Crippen LogP contribution < -0.4 is 15.4 Å². The summed E-state index contributed by atoms with van der Waals surface area (Å²) in [6.07, 6.45) is 0. The minimum atomic E-state index is -4.11. The van der Waals surface area contributed by atoms with Gasteiger partial charge in [0.2, 0.25) is 10.0 Å². The van der Waals surface area contributed by atoms with E-state index in [1.165, 1.54) is 30.3 Å². The van der Waals surface area contributed by atoms with E-state index < -0.39 is 34.0 Å². The highest BCUT2D eigenvalue weighted by Crippen LogP contribution is 2.32.